The zero-order chi connectivity index (χ0) is 20.9. The van der Waals surface area contributed by atoms with Crippen LogP contribution in [0.1, 0.15) is 19.4 Å². The lowest BCUT2D eigenvalue weighted by atomic mass is 9.89. The Kier molecular flexibility index (Phi) is 6.54. The van der Waals surface area contributed by atoms with Crippen LogP contribution < -0.4 is 10.1 Å². The summed E-state index contributed by atoms with van der Waals surface area (Å²) in [6.07, 6.45) is 0. The van der Waals surface area contributed by atoms with E-state index in [1.54, 1.807) is 50.1 Å². The SMILES string of the molecule is COc1cccc(NC(=O)C(C)(C)C(=O)N2CCN(Cc3ccccc3)CC2)c1. The molecule has 1 heterocycles. The van der Waals surface area contributed by atoms with E-state index >= 15 is 0 Å². The molecule has 29 heavy (non-hydrogen) atoms. The van der Waals surface area contributed by atoms with E-state index in [0.29, 0.717) is 24.5 Å². The fraction of sp³-hybridized carbons (Fsp3) is 0.391. The topological polar surface area (TPSA) is 61.9 Å². The highest BCUT2D eigenvalue weighted by molar-refractivity contribution is 6.09. The molecule has 154 valence electrons. The normalized spacial score (nSPS) is 15.1. The summed E-state index contributed by atoms with van der Waals surface area (Å²) in [5, 5.41) is 2.84. The van der Waals surface area contributed by atoms with Gasteiger partial charge >= 0.3 is 0 Å². The van der Waals surface area contributed by atoms with Gasteiger partial charge in [-0.05, 0) is 31.5 Å². The van der Waals surface area contributed by atoms with Crippen LogP contribution in [0.3, 0.4) is 0 Å². The van der Waals surface area contributed by atoms with Crippen LogP contribution in [0.5, 0.6) is 5.75 Å². The Morgan fingerprint density at radius 2 is 1.69 bits per heavy atom. The molecule has 0 radical (unpaired) electrons. The highest BCUT2D eigenvalue weighted by Gasteiger charge is 2.40. The minimum atomic E-state index is -1.15. The van der Waals surface area contributed by atoms with Gasteiger partial charge in [0.25, 0.3) is 0 Å². The lowest BCUT2D eigenvalue weighted by Gasteiger charge is -2.38. The molecule has 1 N–H and O–H groups in total. The first kappa shape index (κ1) is 20.9. The van der Waals surface area contributed by atoms with Gasteiger partial charge in [0.2, 0.25) is 11.8 Å². The molecule has 2 amide bonds. The van der Waals surface area contributed by atoms with Crippen molar-refractivity contribution in [3.8, 4) is 5.75 Å². The molecule has 1 aliphatic rings. The summed E-state index contributed by atoms with van der Waals surface area (Å²) in [5.41, 5.74) is 0.734. The van der Waals surface area contributed by atoms with E-state index in [1.807, 2.05) is 18.2 Å². The number of rotatable bonds is 6. The Morgan fingerprint density at radius 1 is 1.00 bits per heavy atom. The third kappa shape index (κ3) is 5.15. The van der Waals surface area contributed by atoms with Crippen molar-refractivity contribution in [1.82, 2.24) is 9.80 Å². The summed E-state index contributed by atoms with van der Waals surface area (Å²) in [6, 6.07) is 17.4. The van der Waals surface area contributed by atoms with Gasteiger partial charge in [-0.15, -0.1) is 0 Å². The molecule has 2 aromatic rings. The molecule has 0 aromatic heterocycles. The number of ether oxygens (including phenoxy) is 1. The quantitative estimate of drug-likeness (QED) is 0.764. The summed E-state index contributed by atoms with van der Waals surface area (Å²) >= 11 is 0. The van der Waals surface area contributed by atoms with Gasteiger partial charge in [-0.2, -0.15) is 0 Å². The number of benzene rings is 2. The highest BCUT2D eigenvalue weighted by atomic mass is 16.5. The third-order valence-electron chi connectivity index (χ3n) is 5.34. The molecular weight excluding hydrogens is 366 g/mol. The Labute approximate surface area is 172 Å². The van der Waals surface area contributed by atoms with Gasteiger partial charge in [0.05, 0.1) is 7.11 Å². The molecule has 6 nitrogen and oxygen atoms in total. The summed E-state index contributed by atoms with van der Waals surface area (Å²) < 4.78 is 5.19. The van der Waals surface area contributed by atoms with E-state index in [1.165, 1.54) is 5.56 Å². The van der Waals surface area contributed by atoms with Crippen LogP contribution >= 0.6 is 0 Å². The van der Waals surface area contributed by atoms with Gasteiger partial charge in [0.15, 0.2) is 0 Å². The van der Waals surface area contributed by atoms with Gasteiger partial charge in [0.1, 0.15) is 11.2 Å². The predicted octanol–water partition coefficient (Wildman–Crippen LogP) is 3.00. The van der Waals surface area contributed by atoms with Crippen molar-refractivity contribution in [2.24, 2.45) is 5.41 Å². The number of amides is 2. The summed E-state index contributed by atoms with van der Waals surface area (Å²) in [4.78, 5) is 30.0. The van der Waals surface area contributed by atoms with Crippen LogP contribution in [0.4, 0.5) is 5.69 Å². The molecule has 1 saturated heterocycles. The molecule has 6 heteroatoms. The largest absolute Gasteiger partial charge is 0.497 e. The van der Waals surface area contributed by atoms with Crippen molar-refractivity contribution in [2.45, 2.75) is 20.4 Å². The molecule has 0 aliphatic carbocycles. The van der Waals surface area contributed by atoms with E-state index in [4.69, 9.17) is 4.74 Å². The number of piperazine rings is 1. The Hall–Kier alpha value is -2.86. The fourth-order valence-corrected chi connectivity index (χ4v) is 3.43. The Balaban J connectivity index is 1.56. The monoisotopic (exact) mass is 395 g/mol. The molecule has 0 spiro atoms. The maximum Gasteiger partial charge on any atom is 0.239 e. The molecule has 0 atom stereocenters. The maximum absolute atomic E-state index is 13.1. The van der Waals surface area contributed by atoms with Gasteiger partial charge in [-0.1, -0.05) is 36.4 Å². The number of carbonyl (C=O) groups is 2. The molecule has 0 saturated carbocycles. The maximum atomic E-state index is 13.1. The zero-order valence-electron chi connectivity index (χ0n) is 17.4. The van der Waals surface area contributed by atoms with E-state index < -0.39 is 5.41 Å². The average molecular weight is 396 g/mol. The van der Waals surface area contributed by atoms with E-state index in [9.17, 15) is 9.59 Å². The van der Waals surface area contributed by atoms with Gasteiger partial charge < -0.3 is 15.0 Å². The van der Waals surface area contributed by atoms with Crippen LogP contribution in [0.25, 0.3) is 0 Å². The van der Waals surface area contributed by atoms with Crippen molar-refractivity contribution in [3.63, 3.8) is 0 Å². The standard InChI is InChI=1S/C23H29N3O3/c1-23(2,21(27)24-19-10-7-11-20(16-19)29-3)22(28)26-14-12-25(13-15-26)17-18-8-5-4-6-9-18/h4-11,16H,12-15,17H2,1-3H3,(H,24,27). The highest BCUT2D eigenvalue weighted by Crippen LogP contribution is 2.24. The van der Waals surface area contributed by atoms with Crippen molar-refractivity contribution >= 4 is 17.5 Å². The molecule has 0 bridgehead atoms. The molecular formula is C23H29N3O3. The van der Waals surface area contributed by atoms with Crippen molar-refractivity contribution in [2.75, 3.05) is 38.6 Å². The third-order valence-corrected chi connectivity index (χ3v) is 5.34. The fourth-order valence-electron chi connectivity index (χ4n) is 3.43. The summed E-state index contributed by atoms with van der Waals surface area (Å²) in [5.74, 6) is 0.196. The second kappa shape index (κ2) is 9.09. The number of hydrogen-bond donors (Lipinski definition) is 1. The number of nitrogens with one attached hydrogen (secondary N) is 1. The number of hydrogen-bond acceptors (Lipinski definition) is 4. The van der Waals surface area contributed by atoms with E-state index in [0.717, 1.165) is 19.6 Å². The lowest BCUT2D eigenvalue weighted by Crippen LogP contribution is -2.54. The minimum absolute atomic E-state index is 0.141. The molecule has 0 unspecified atom stereocenters. The minimum Gasteiger partial charge on any atom is -0.497 e. The van der Waals surface area contributed by atoms with Crippen molar-refractivity contribution in [1.29, 1.82) is 0 Å². The van der Waals surface area contributed by atoms with Crippen LogP contribution in [0.2, 0.25) is 0 Å². The van der Waals surface area contributed by atoms with Gasteiger partial charge in [-0.25, -0.2) is 0 Å². The van der Waals surface area contributed by atoms with Gasteiger partial charge in [-0.3, -0.25) is 14.5 Å². The smallest absolute Gasteiger partial charge is 0.239 e. The first-order chi connectivity index (χ1) is 13.9. The zero-order valence-corrected chi connectivity index (χ0v) is 17.4. The second-order valence-corrected chi connectivity index (χ2v) is 7.87. The van der Waals surface area contributed by atoms with Crippen molar-refractivity contribution in [3.05, 3.63) is 60.2 Å². The van der Waals surface area contributed by atoms with E-state index in [-0.39, 0.29) is 11.8 Å². The number of carbonyl (C=O) groups excluding carboxylic acids is 2. The average Bonchev–Trinajstić information content (AvgIpc) is 2.74. The number of anilines is 1. The lowest BCUT2D eigenvalue weighted by molar-refractivity contribution is -0.147. The molecule has 1 aliphatic heterocycles. The van der Waals surface area contributed by atoms with Crippen LogP contribution in [-0.2, 0) is 16.1 Å². The van der Waals surface area contributed by atoms with E-state index in [2.05, 4.69) is 22.3 Å². The first-order valence-electron chi connectivity index (χ1n) is 9.91. The first-order valence-corrected chi connectivity index (χ1v) is 9.91. The van der Waals surface area contributed by atoms with Crippen LogP contribution in [0.15, 0.2) is 54.6 Å². The Morgan fingerprint density at radius 3 is 2.34 bits per heavy atom. The summed E-state index contributed by atoms with van der Waals surface area (Å²) in [6.45, 7) is 7.09. The Bertz CT molecular complexity index is 843. The van der Waals surface area contributed by atoms with Crippen LogP contribution in [-0.4, -0.2) is 54.9 Å². The molecule has 2 aromatic carbocycles. The second-order valence-electron chi connectivity index (χ2n) is 7.87. The molecule has 1 fully saturated rings. The summed E-state index contributed by atoms with van der Waals surface area (Å²) in [7, 11) is 1.58. The van der Waals surface area contributed by atoms with Gasteiger partial charge in [0, 0.05) is 44.5 Å². The van der Waals surface area contributed by atoms with Crippen LogP contribution in [0, 0.1) is 5.41 Å². The molecule has 3 rings (SSSR count). The number of methoxy groups -OCH3 is 1. The number of nitrogens with zero attached hydrogens (tertiary/aromatic N) is 2. The van der Waals surface area contributed by atoms with Crippen molar-refractivity contribution < 1.29 is 14.3 Å². The predicted molar refractivity (Wildman–Crippen MR) is 114 cm³/mol.